The van der Waals surface area contributed by atoms with Gasteiger partial charge in [0.15, 0.2) is 11.6 Å². The summed E-state index contributed by atoms with van der Waals surface area (Å²) in [5, 5.41) is 0. The molecule has 0 fully saturated rings. The molecule has 0 aromatic heterocycles. The first kappa shape index (κ1) is 16.8. The zero-order chi connectivity index (χ0) is 17.8. The normalized spacial score (nSPS) is 10.5. The minimum Gasteiger partial charge on any atom is -0.496 e. The van der Waals surface area contributed by atoms with Gasteiger partial charge < -0.3 is 15.2 Å². The number of rotatable bonds is 5. The van der Waals surface area contributed by atoms with Crippen molar-refractivity contribution in [3.8, 4) is 22.6 Å². The number of hydrogen-bond acceptors (Lipinski definition) is 3. The molecule has 0 bridgehead atoms. The summed E-state index contributed by atoms with van der Waals surface area (Å²) >= 11 is 0. The molecular formula is C20H17F2NO2. The van der Waals surface area contributed by atoms with E-state index in [-0.39, 0.29) is 5.75 Å². The lowest BCUT2D eigenvalue weighted by atomic mass is 10.0. The summed E-state index contributed by atoms with van der Waals surface area (Å²) in [6, 6.07) is 16.7. The minimum absolute atomic E-state index is 0.271. The van der Waals surface area contributed by atoms with Gasteiger partial charge >= 0.3 is 0 Å². The van der Waals surface area contributed by atoms with Crippen molar-refractivity contribution in [3.63, 3.8) is 0 Å². The van der Waals surface area contributed by atoms with Gasteiger partial charge in [0.2, 0.25) is 0 Å². The fourth-order valence-corrected chi connectivity index (χ4v) is 2.50. The van der Waals surface area contributed by atoms with E-state index in [2.05, 4.69) is 0 Å². The maximum atomic E-state index is 13.5. The molecule has 0 amide bonds. The van der Waals surface area contributed by atoms with Crippen LogP contribution >= 0.6 is 0 Å². The number of hydrogen-bond donors (Lipinski definition) is 1. The third kappa shape index (κ3) is 3.88. The van der Waals surface area contributed by atoms with Crippen LogP contribution < -0.4 is 15.2 Å². The summed E-state index contributed by atoms with van der Waals surface area (Å²) in [6.07, 6.45) is 0. The van der Waals surface area contributed by atoms with Gasteiger partial charge in [0.25, 0.3) is 0 Å². The zero-order valence-corrected chi connectivity index (χ0v) is 13.6. The molecule has 5 heteroatoms. The Hall–Kier alpha value is -3.08. The molecule has 2 N–H and O–H groups in total. The van der Waals surface area contributed by atoms with Crippen LogP contribution in [0.4, 0.5) is 14.5 Å². The van der Waals surface area contributed by atoms with E-state index in [4.69, 9.17) is 15.2 Å². The predicted molar refractivity (Wildman–Crippen MR) is 93.5 cm³/mol. The molecule has 128 valence electrons. The Morgan fingerprint density at radius 1 is 0.920 bits per heavy atom. The van der Waals surface area contributed by atoms with Crippen LogP contribution in [-0.4, -0.2) is 7.11 Å². The molecular weight excluding hydrogens is 324 g/mol. The zero-order valence-electron chi connectivity index (χ0n) is 13.6. The van der Waals surface area contributed by atoms with Crippen LogP contribution in [0.2, 0.25) is 0 Å². The number of anilines is 1. The molecule has 25 heavy (non-hydrogen) atoms. The lowest BCUT2D eigenvalue weighted by molar-refractivity contribution is 0.306. The van der Waals surface area contributed by atoms with E-state index in [9.17, 15) is 8.78 Å². The second-order valence-electron chi connectivity index (χ2n) is 5.52. The Morgan fingerprint density at radius 3 is 2.32 bits per heavy atom. The highest BCUT2D eigenvalue weighted by molar-refractivity contribution is 5.71. The van der Waals surface area contributed by atoms with E-state index in [1.807, 2.05) is 24.3 Å². The van der Waals surface area contributed by atoms with Crippen LogP contribution in [0.5, 0.6) is 11.5 Å². The first-order chi connectivity index (χ1) is 12.1. The maximum Gasteiger partial charge on any atom is 0.162 e. The van der Waals surface area contributed by atoms with E-state index in [1.165, 1.54) is 7.11 Å². The molecule has 0 saturated heterocycles. The highest BCUT2D eigenvalue weighted by Gasteiger charge is 2.12. The number of ether oxygens (including phenoxy) is 2. The van der Waals surface area contributed by atoms with Crippen molar-refractivity contribution >= 4 is 5.69 Å². The Kier molecular flexibility index (Phi) is 4.84. The maximum absolute atomic E-state index is 13.5. The Bertz CT molecular complexity index is 879. The summed E-state index contributed by atoms with van der Waals surface area (Å²) in [4.78, 5) is 0. The minimum atomic E-state index is -0.942. The predicted octanol–water partition coefficient (Wildman–Crippen LogP) is 4.80. The quantitative estimate of drug-likeness (QED) is 0.678. The van der Waals surface area contributed by atoms with Crippen molar-refractivity contribution in [2.45, 2.75) is 6.61 Å². The highest BCUT2D eigenvalue weighted by atomic mass is 19.2. The van der Waals surface area contributed by atoms with Gasteiger partial charge in [-0.1, -0.05) is 24.3 Å². The third-order valence-corrected chi connectivity index (χ3v) is 3.76. The molecule has 0 atom stereocenters. The average molecular weight is 341 g/mol. The van der Waals surface area contributed by atoms with Crippen LogP contribution in [-0.2, 0) is 6.61 Å². The fraction of sp³-hybridized carbons (Fsp3) is 0.100. The van der Waals surface area contributed by atoms with Crippen molar-refractivity contribution in [2.24, 2.45) is 0 Å². The van der Waals surface area contributed by atoms with Crippen molar-refractivity contribution in [1.82, 2.24) is 0 Å². The smallest absolute Gasteiger partial charge is 0.162 e. The first-order valence-electron chi connectivity index (χ1n) is 7.67. The fourth-order valence-electron chi connectivity index (χ4n) is 2.50. The Balaban J connectivity index is 1.77. The SMILES string of the molecule is COc1cc(F)c(F)cc1-c1ccc(OCc2cccc(N)c2)cc1. The summed E-state index contributed by atoms with van der Waals surface area (Å²) in [5.74, 6) is -0.930. The molecule has 0 aliphatic carbocycles. The first-order valence-corrected chi connectivity index (χ1v) is 7.67. The molecule has 3 aromatic carbocycles. The van der Waals surface area contributed by atoms with Crippen molar-refractivity contribution < 1.29 is 18.3 Å². The van der Waals surface area contributed by atoms with Gasteiger partial charge in [-0.05, 0) is 41.5 Å². The van der Waals surface area contributed by atoms with Crippen LogP contribution in [0.25, 0.3) is 11.1 Å². The molecule has 0 heterocycles. The topological polar surface area (TPSA) is 44.5 Å². The molecule has 0 aliphatic rings. The lowest BCUT2D eigenvalue weighted by Crippen LogP contribution is -1.97. The van der Waals surface area contributed by atoms with E-state index in [0.717, 1.165) is 17.7 Å². The molecule has 0 spiro atoms. The van der Waals surface area contributed by atoms with Gasteiger partial charge in [-0.3, -0.25) is 0 Å². The van der Waals surface area contributed by atoms with Crippen LogP contribution in [0.3, 0.4) is 0 Å². The van der Waals surface area contributed by atoms with Crippen LogP contribution in [0.15, 0.2) is 60.7 Å². The van der Waals surface area contributed by atoms with Gasteiger partial charge in [0, 0.05) is 17.3 Å². The lowest BCUT2D eigenvalue weighted by Gasteiger charge is -2.11. The molecule has 0 radical (unpaired) electrons. The van der Waals surface area contributed by atoms with E-state index >= 15 is 0 Å². The third-order valence-electron chi connectivity index (χ3n) is 3.76. The molecule has 0 aliphatic heterocycles. The van der Waals surface area contributed by atoms with Gasteiger partial charge in [-0.25, -0.2) is 8.78 Å². The summed E-state index contributed by atoms with van der Waals surface area (Å²) in [5.41, 5.74) is 8.56. The molecule has 3 rings (SSSR count). The molecule has 3 nitrogen and oxygen atoms in total. The van der Waals surface area contributed by atoms with Gasteiger partial charge in [0.1, 0.15) is 18.1 Å². The number of benzene rings is 3. The number of methoxy groups -OCH3 is 1. The van der Waals surface area contributed by atoms with Crippen molar-refractivity contribution in [3.05, 3.63) is 77.9 Å². The Morgan fingerprint density at radius 2 is 1.64 bits per heavy atom. The van der Waals surface area contributed by atoms with E-state index < -0.39 is 11.6 Å². The monoisotopic (exact) mass is 341 g/mol. The van der Waals surface area contributed by atoms with Crippen molar-refractivity contribution in [1.29, 1.82) is 0 Å². The molecule has 0 unspecified atom stereocenters. The van der Waals surface area contributed by atoms with Crippen LogP contribution in [0, 0.1) is 11.6 Å². The summed E-state index contributed by atoms with van der Waals surface area (Å²) in [7, 11) is 1.42. The highest BCUT2D eigenvalue weighted by Crippen LogP contribution is 2.33. The van der Waals surface area contributed by atoms with Gasteiger partial charge in [-0.15, -0.1) is 0 Å². The second kappa shape index (κ2) is 7.21. The molecule has 0 saturated carbocycles. The standard InChI is InChI=1S/C20H17F2NO2/c1-24-20-11-19(22)18(21)10-17(20)14-5-7-16(8-6-14)25-12-13-3-2-4-15(23)9-13/h2-11H,12,23H2,1H3. The largest absolute Gasteiger partial charge is 0.496 e. The second-order valence-corrected chi connectivity index (χ2v) is 5.52. The number of halogens is 2. The van der Waals surface area contributed by atoms with Crippen molar-refractivity contribution in [2.75, 3.05) is 12.8 Å². The van der Waals surface area contributed by atoms with E-state index in [1.54, 1.807) is 24.3 Å². The number of nitrogen functional groups attached to an aromatic ring is 1. The average Bonchev–Trinajstić information content (AvgIpc) is 2.62. The van der Waals surface area contributed by atoms with Crippen LogP contribution in [0.1, 0.15) is 5.56 Å². The summed E-state index contributed by atoms with van der Waals surface area (Å²) in [6.45, 7) is 0.388. The Labute approximate surface area is 144 Å². The molecule has 3 aromatic rings. The van der Waals surface area contributed by atoms with Gasteiger partial charge in [-0.2, -0.15) is 0 Å². The summed E-state index contributed by atoms with van der Waals surface area (Å²) < 4.78 is 37.7. The number of nitrogens with two attached hydrogens (primary N) is 1. The van der Waals surface area contributed by atoms with E-state index in [0.29, 0.717) is 29.2 Å². The van der Waals surface area contributed by atoms with Gasteiger partial charge in [0.05, 0.1) is 7.11 Å².